The molecule has 0 saturated heterocycles. The summed E-state index contributed by atoms with van der Waals surface area (Å²) in [6.45, 7) is 0. The van der Waals surface area contributed by atoms with Crippen molar-refractivity contribution in [3.63, 3.8) is 0 Å². The Morgan fingerprint density at radius 1 is 1.19 bits per heavy atom. The van der Waals surface area contributed by atoms with Crippen molar-refractivity contribution in [1.29, 1.82) is 0 Å². The van der Waals surface area contributed by atoms with Crippen molar-refractivity contribution in [1.82, 2.24) is 0 Å². The standard InChI is InChI=1S/C13H11NO.Cu/c14-13(15)12-9-5-4-8-11(12)10-6-2-1-3-7-10;/h1-9H,(H2,14,15);/q;+2/p-1. The molecule has 2 nitrogen and oxygen atoms in total. The second kappa shape index (κ2) is 5.50. The molecule has 0 fully saturated rings. The van der Waals surface area contributed by atoms with Crippen LogP contribution >= 0.6 is 0 Å². The predicted octanol–water partition coefficient (Wildman–Crippen LogP) is 3.54. The van der Waals surface area contributed by atoms with Gasteiger partial charge in [0.1, 0.15) is 5.91 Å². The zero-order valence-electron chi connectivity index (χ0n) is 8.41. The fourth-order valence-corrected chi connectivity index (χ4v) is 1.55. The summed E-state index contributed by atoms with van der Waals surface area (Å²) in [4.78, 5) is 11.1. The molecule has 0 atom stereocenters. The minimum atomic E-state index is -0.644. The molecule has 0 aliphatic rings. The second-order valence-corrected chi connectivity index (χ2v) is 3.24. The van der Waals surface area contributed by atoms with Gasteiger partial charge < -0.3 is 10.5 Å². The Labute approximate surface area is 105 Å². The van der Waals surface area contributed by atoms with Crippen LogP contribution in [0, 0.1) is 0 Å². The fraction of sp³-hybridized carbons (Fsp3) is 0. The van der Waals surface area contributed by atoms with E-state index in [4.69, 9.17) is 5.73 Å². The molecule has 1 radical (unpaired) electrons. The molecule has 0 aliphatic carbocycles. The first kappa shape index (κ1) is 12.5. The van der Waals surface area contributed by atoms with E-state index in [0.717, 1.165) is 11.1 Å². The Morgan fingerprint density at radius 3 is 2.56 bits per heavy atom. The van der Waals surface area contributed by atoms with Gasteiger partial charge in [-0.2, -0.15) is 0 Å². The first-order valence-corrected chi connectivity index (χ1v) is 4.69. The van der Waals surface area contributed by atoms with Crippen LogP contribution in [0.4, 0.5) is 0 Å². The summed E-state index contributed by atoms with van der Waals surface area (Å²) >= 11 is 0. The van der Waals surface area contributed by atoms with Crippen molar-refractivity contribution >= 4 is 5.91 Å². The van der Waals surface area contributed by atoms with Crippen LogP contribution in [0.5, 0.6) is 0 Å². The van der Waals surface area contributed by atoms with E-state index in [9.17, 15) is 4.79 Å². The van der Waals surface area contributed by atoms with Crippen LogP contribution < -0.4 is 0 Å². The Bertz CT molecular complexity index is 482. The van der Waals surface area contributed by atoms with E-state index in [-0.39, 0.29) is 17.1 Å². The average Bonchev–Trinajstić information content (AvgIpc) is 2.30. The first-order valence-electron chi connectivity index (χ1n) is 4.69. The molecule has 0 heterocycles. The molecule has 3 heteroatoms. The number of amides is 1. The number of hydrogen-bond acceptors (Lipinski definition) is 1. The SMILES string of the molecule is [Cu+2].[NH-]C(=O)c1ccccc1-[c+]1cccc[cH-]1. The Balaban J connectivity index is 0.00000128. The van der Waals surface area contributed by atoms with E-state index >= 15 is 0 Å². The van der Waals surface area contributed by atoms with Crippen LogP contribution in [0.15, 0.2) is 54.6 Å². The summed E-state index contributed by atoms with van der Waals surface area (Å²) in [6.07, 6.45) is 0. The van der Waals surface area contributed by atoms with E-state index in [1.165, 1.54) is 0 Å². The smallest absolute Gasteiger partial charge is 0.657 e. The molecule has 1 amide bonds. The molecule has 0 spiro atoms. The summed E-state index contributed by atoms with van der Waals surface area (Å²) in [7, 11) is 0. The maximum atomic E-state index is 11.1. The van der Waals surface area contributed by atoms with Gasteiger partial charge in [0.05, 0.1) is 0 Å². The van der Waals surface area contributed by atoms with Crippen molar-refractivity contribution in [2.75, 3.05) is 0 Å². The zero-order chi connectivity index (χ0) is 10.7. The van der Waals surface area contributed by atoms with Gasteiger partial charge in [0.2, 0.25) is 0 Å². The van der Waals surface area contributed by atoms with Gasteiger partial charge >= 0.3 is 17.1 Å². The molecule has 0 unspecified atom stereocenters. The van der Waals surface area contributed by atoms with E-state index in [1.807, 2.05) is 42.5 Å². The second-order valence-electron chi connectivity index (χ2n) is 3.24. The van der Waals surface area contributed by atoms with Crippen LogP contribution in [0.2, 0.25) is 0 Å². The summed E-state index contributed by atoms with van der Waals surface area (Å²) < 4.78 is 0. The maximum absolute atomic E-state index is 11.1. The van der Waals surface area contributed by atoms with Crippen molar-refractivity contribution in [2.45, 2.75) is 0 Å². The number of rotatable bonds is 2. The van der Waals surface area contributed by atoms with Crippen LogP contribution in [-0.2, 0) is 17.1 Å². The minimum absolute atomic E-state index is 0. The van der Waals surface area contributed by atoms with E-state index < -0.39 is 5.91 Å². The van der Waals surface area contributed by atoms with Gasteiger partial charge in [-0.3, -0.25) is 0 Å². The number of carbonyl (C=O) groups is 1. The topological polar surface area (TPSA) is 40.9 Å². The molecule has 0 aromatic heterocycles. The average molecular weight is 260 g/mol. The van der Waals surface area contributed by atoms with E-state index in [0.29, 0.717) is 5.56 Å². The van der Waals surface area contributed by atoms with Gasteiger partial charge in [-0.1, -0.05) is 35.9 Å². The first-order chi connectivity index (χ1) is 7.29. The summed E-state index contributed by atoms with van der Waals surface area (Å²) in [5, 5.41) is 0. The quantitative estimate of drug-likeness (QED) is 0.601. The number of benzene rings is 2. The molecule has 2 aromatic rings. The third-order valence-corrected chi connectivity index (χ3v) is 2.26. The third-order valence-electron chi connectivity index (χ3n) is 2.26. The molecule has 16 heavy (non-hydrogen) atoms. The van der Waals surface area contributed by atoms with Gasteiger partial charge in [0.25, 0.3) is 0 Å². The van der Waals surface area contributed by atoms with Gasteiger partial charge in [-0.05, 0) is 24.3 Å². The zero-order valence-corrected chi connectivity index (χ0v) is 9.35. The van der Waals surface area contributed by atoms with Crippen LogP contribution in [0.3, 0.4) is 0 Å². The number of hydrogen-bond donors (Lipinski definition) is 0. The summed E-state index contributed by atoms with van der Waals surface area (Å²) in [5.41, 5.74) is 9.40. The normalized spacial score (nSPS) is 9.25. The Kier molecular flexibility index (Phi) is 4.29. The van der Waals surface area contributed by atoms with E-state index in [2.05, 4.69) is 0 Å². The van der Waals surface area contributed by atoms with Gasteiger partial charge in [0.15, 0.2) is 0 Å². The van der Waals surface area contributed by atoms with Crippen LogP contribution in [-0.4, -0.2) is 5.91 Å². The van der Waals surface area contributed by atoms with Crippen LogP contribution in [0.1, 0.15) is 10.4 Å². The Hall–Kier alpha value is -1.57. The monoisotopic (exact) mass is 259 g/mol. The molecule has 83 valence electrons. The summed E-state index contributed by atoms with van der Waals surface area (Å²) in [5.74, 6) is -0.644. The third kappa shape index (κ3) is 2.51. The largest absolute Gasteiger partial charge is 2.00 e. The molecular formula is C13H10CuNO+. The molecule has 2 aromatic carbocycles. The predicted molar refractivity (Wildman–Crippen MR) is 60.5 cm³/mol. The van der Waals surface area contributed by atoms with Crippen molar-refractivity contribution in [3.8, 4) is 11.1 Å². The number of nitrogens with one attached hydrogen (secondary N) is 1. The van der Waals surface area contributed by atoms with Gasteiger partial charge in [0, 0.05) is 11.1 Å². The van der Waals surface area contributed by atoms with Crippen molar-refractivity contribution in [3.05, 3.63) is 65.9 Å². The van der Waals surface area contributed by atoms with Crippen molar-refractivity contribution < 1.29 is 21.9 Å². The molecule has 0 bridgehead atoms. The fourth-order valence-electron chi connectivity index (χ4n) is 1.55. The number of carbonyl (C=O) groups excluding carboxylic acids is 1. The molecule has 1 N–H and O–H groups in total. The molecule has 2 rings (SSSR count). The molecule has 0 aliphatic heterocycles. The minimum Gasteiger partial charge on any atom is -0.657 e. The van der Waals surface area contributed by atoms with E-state index in [1.54, 1.807) is 12.1 Å². The Morgan fingerprint density at radius 2 is 1.94 bits per heavy atom. The summed E-state index contributed by atoms with van der Waals surface area (Å²) in [6, 6.07) is 16.8. The molecular weight excluding hydrogens is 250 g/mol. The maximum Gasteiger partial charge on any atom is 2.00 e. The van der Waals surface area contributed by atoms with Gasteiger partial charge in [-0.25, -0.2) is 0 Å². The van der Waals surface area contributed by atoms with Gasteiger partial charge in [-0.15, -0.1) is 0 Å². The van der Waals surface area contributed by atoms with Crippen LogP contribution in [0.25, 0.3) is 16.9 Å². The molecule has 0 saturated carbocycles. The van der Waals surface area contributed by atoms with Crippen molar-refractivity contribution in [2.24, 2.45) is 0 Å².